The third-order valence-electron chi connectivity index (χ3n) is 4.21. The molecule has 8 heteroatoms. The van der Waals surface area contributed by atoms with E-state index in [0.29, 0.717) is 34.1 Å². The molecule has 0 radical (unpaired) electrons. The van der Waals surface area contributed by atoms with E-state index in [1.165, 1.54) is 19.2 Å². The predicted octanol–water partition coefficient (Wildman–Crippen LogP) is 5.05. The van der Waals surface area contributed by atoms with Crippen molar-refractivity contribution in [3.63, 3.8) is 0 Å². The molecule has 1 amide bonds. The van der Waals surface area contributed by atoms with Crippen molar-refractivity contribution in [3.05, 3.63) is 35.6 Å². The summed E-state index contributed by atoms with van der Waals surface area (Å²) >= 11 is 6.04. The molecule has 3 N–H and O–H groups in total. The van der Waals surface area contributed by atoms with Gasteiger partial charge in [-0.05, 0) is 24.6 Å². The molecule has 0 saturated heterocycles. The number of aromatic amines is 1. The van der Waals surface area contributed by atoms with Gasteiger partial charge in [0.15, 0.2) is 11.5 Å². The number of amides is 1. The van der Waals surface area contributed by atoms with E-state index in [2.05, 4.69) is 37.7 Å². The second-order valence-corrected chi connectivity index (χ2v) is 6.80. The first-order valence-corrected chi connectivity index (χ1v) is 9.56. The van der Waals surface area contributed by atoms with Crippen LogP contribution in [0.25, 0.3) is 11.0 Å². The fraction of sp³-hybridized carbons (Fsp3) is 0.368. The van der Waals surface area contributed by atoms with Gasteiger partial charge in [0.05, 0.1) is 0 Å². The normalized spacial score (nSPS) is 10.9. The molecule has 0 aliphatic heterocycles. The Morgan fingerprint density at radius 3 is 2.81 bits per heavy atom. The highest BCUT2D eigenvalue weighted by Crippen LogP contribution is 2.28. The lowest BCUT2D eigenvalue weighted by Gasteiger charge is -2.08. The van der Waals surface area contributed by atoms with E-state index in [9.17, 15) is 4.79 Å². The molecule has 27 heavy (non-hydrogen) atoms. The number of fused-ring (bicyclic) bond motifs is 1. The van der Waals surface area contributed by atoms with E-state index < -0.39 is 0 Å². The summed E-state index contributed by atoms with van der Waals surface area (Å²) in [5.41, 5.74) is 1.34. The van der Waals surface area contributed by atoms with Crippen molar-refractivity contribution in [2.45, 2.75) is 45.4 Å². The number of hydrogen-bond acceptors (Lipinski definition) is 5. The van der Waals surface area contributed by atoms with Crippen molar-refractivity contribution in [2.75, 3.05) is 10.6 Å². The average Bonchev–Trinajstić information content (AvgIpc) is 3.05. The Hall–Kier alpha value is -2.67. The Balaban J connectivity index is 1.72. The number of anilines is 3. The lowest BCUT2D eigenvalue weighted by Crippen LogP contribution is -2.12. The lowest BCUT2D eigenvalue weighted by atomic mass is 10.1. The van der Waals surface area contributed by atoms with Gasteiger partial charge in [-0.2, -0.15) is 5.10 Å². The van der Waals surface area contributed by atoms with Gasteiger partial charge in [-0.15, -0.1) is 0 Å². The average molecular weight is 387 g/mol. The number of unbranched alkanes of at least 4 members (excludes halogenated alkanes) is 4. The van der Waals surface area contributed by atoms with Crippen molar-refractivity contribution in [3.8, 4) is 0 Å². The Morgan fingerprint density at radius 2 is 2.00 bits per heavy atom. The molecule has 0 fully saturated rings. The summed E-state index contributed by atoms with van der Waals surface area (Å²) in [6, 6.07) is 7.32. The maximum atomic E-state index is 12.3. The summed E-state index contributed by atoms with van der Waals surface area (Å²) < 4.78 is 0. The van der Waals surface area contributed by atoms with Gasteiger partial charge in [0.25, 0.3) is 0 Å². The molecule has 0 atom stereocenters. The molecule has 0 bridgehead atoms. The van der Waals surface area contributed by atoms with E-state index in [-0.39, 0.29) is 5.91 Å². The van der Waals surface area contributed by atoms with Crippen molar-refractivity contribution < 1.29 is 4.79 Å². The number of nitrogens with zero attached hydrogens (tertiary/aromatic N) is 3. The second kappa shape index (κ2) is 9.32. The van der Waals surface area contributed by atoms with Gasteiger partial charge >= 0.3 is 0 Å². The fourth-order valence-electron chi connectivity index (χ4n) is 2.83. The number of aromatic nitrogens is 4. The van der Waals surface area contributed by atoms with Gasteiger partial charge in [0.2, 0.25) is 5.91 Å². The molecule has 0 aliphatic rings. The minimum Gasteiger partial charge on any atom is -0.339 e. The maximum Gasteiger partial charge on any atom is 0.225 e. The summed E-state index contributed by atoms with van der Waals surface area (Å²) in [6.45, 7) is 2.17. The van der Waals surface area contributed by atoms with Crippen LogP contribution < -0.4 is 10.6 Å². The highest BCUT2D eigenvalue weighted by molar-refractivity contribution is 6.30. The zero-order valence-corrected chi connectivity index (χ0v) is 16.0. The molecule has 2 heterocycles. The first-order valence-electron chi connectivity index (χ1n) is 9.19. The van der Waals surface area contributed by atoms with E-state index >= 15 is 0 Å². The van der Waals surface area contributed by atoms with Crippen LogP contribution in [0.3, 0.4) is 0 Å². The third-order valence-corrected chi connectivity index (χ3v) is 4.45. The predicted molar refractivity (Wildman–Crippen MR) is 108 cm³/mol. The van der Waals surface area contributed by atoms with E-state index in [0.717, 1.165) is 24.9 Å². The molecule has 0 unspecified atom stereocenters. The zero-order valence-electron chi connectivity index (χ0n) is 15.3. The van der Waals surface area contributed by atoms with E-state index in [4.69, 9.17) is 11.6 Å². The minimum absolute atomic E-state index is 0.0579. The van der Waals surface area contributed by atoms with Gasteiger partial charge in [-0.3, -0.25) is 9.89 Å². The monoisotopic (exact) mass is 386 g/mol. The highest BCUT2D eigenvalue weighted by atomic mass is 35.5. The fourth-order valence-corrected chi connectivity index (χ4v) is 3.02. The van der Waals surface area contributed by atoms with Crippen LogP contribution in [-0.4, -0.2) is 26.1 Å². The smallest absolute Gasteiger partial charge is 0.225 e. The topological polar surface area (TPSA) is 95.6 Å². The van der Waals surface area contributed by atoms with Gasteiger partial charge in [-0.1, -0.05) is 50.3 Å². The molecule has 7 nitrogen and oxygen atoms in total. The molecule has 0 saturated carbocycles. The molecular weight excluding hydrogens is 364 g/mol. The summed E-state index contributed by atoms with van der Waals surface area (Å²) in [4.78, 5) is 20.7. The summed E-state index contributed by atoms with van der Waals surface area (Å²) in [5, 5.41) is 14.3. The Labute approximate surface area is 162 Å². The zero-order chi connectivity index (χ0) is 19.1. The largest absolute Gasteiger partial charge is 0.339 e. The standard InChI is InChI=1S/C19H23ClN6O/c1-2-3-4-5-6-10-15(27)24-19-16-17(21-12-22-18(16)25-26-19)23-14-9-7-8-13(20)11-14/h7-9,11-12H,2-6,10H2,1H3,(H3,21,22,23,24,25,26,27). The molecule has 1 aromatic carbocycles. The Kier molecular flexibility index (Phi) is 6.59. The van der Waals surface area contributed by atoms with Crippen LogP contribution in [0.5, 0.6) is 0 Å². The quantitative estimate of drug-likeness (QED) is 0.447. The summed E-state index contributed by atoms with van der Waals surface area (Å²) in [7, 11) is 0. The number of benzene rings is 1. The van der Waals surface area contributed by atoms with Crippen LogP contribution in [0.4, 0.5) is 17.3 Å². The van der Waals surface area contributed by atoms with Gasteiger partial charge in [-0.25, -0.2) is 9.97 Å². The highest BCUT2D eigenvalue weighted by Gasteiger charge is 2.15. The van der Waals surface area contributed by atoms with Gasteiger partial charge in [0.1, 0.15) is 17.5 Å². The van der Waals surface area contributed by atoms with Crippen LogP contribution in [-0.2, 0) is 4.79 Å². The van der Waals surface area contributed by atoms with Crippen molar-refractivity contribution in [1.82, 2.24) is 20.2 Å². The minimum atomic E-state index is -0.0579. The molecular formula is C19H23ClN6O. The molecule has 2 aromatic heterocycles. The Morgan fingerprint density at radius 1 is 1.15 bits per heavy atom. The molecule has 3 rings (SSSR count). The summed E-state index contributed by atoms with van der Waals surface area (Å²) in [5.74, 6) is 0.917. The van der Waals surface area contributed by atoms with Crippen molar-refractivity contribution in [1.29, 1.82) is 0 Å². The van der Waals surface area contributed by atoms with Crippen molar-refractivity contribution >= 4 is 45.9 Å². The molecule has 0 aliphatic carbocycles. The lowest BCUT2D eigenvalue weighted by molar-refractivity contribution is -0.116. The maximum absolute atomic E-state index is 12.3. The van der Waals surface area contributed by atoms with Gasteiger partial charge in [0, 0.05) is 17.1 Å². The van der Waals surface area contributed by atoms with Crippen molar-refractivity contribution in [2.24, 2.45) is 0 Å². The van der Waals surface area contributed by atoms with E-state index in [1.807, 2.05) is 12.1 Å². The SMILES string of the molecule is CCCCCCCC(=O)Nc1n[nH]c2ncnc(Nc3cccc(Cl)c3)c12. The number of halogens is 1. The number of carbonyl (C=O) groups excluding carboxylic acids is 1. The van der Waals surface area contributed by atoms with Crippen LogP contribution in [0, 0.1) is 0 Å². The number of hydrogen-bond donors (Lipinski definition) is 3. The molecule has 142 valence electrons. The summed E-state index contributed by atoms with van der Waals surface area (Å²) in [6.07, 6.45) is 7.41. The first kappa shape index (κ1) is 19.1. The Bertz CT molecular complexity index is 910. The number of rotatable bonds is 9. The first-order chi connectivity index (χ1) is 13.2. The number of nitrogens with one attached hydrogen (secondary N) is 3. The van der Waals surface area contributed by atoms with Crippen LogP contribution in [0.15, 0.2) is 30.6 Å². The number of H-pyrrole nitrogens is 1. The molecule has 0 spiro atoms. The van der Waals surface area contributed by atoms with E-state index in [1.54, 1.807) is 12.1 Å². The van der Waals surface area contributed by atoms with Gasteiger partial charge < -0.3 is 10.6 Å². The number of carbonyl (C=O) groups is 1. The van der Waals surface area contributed by atoms with Crippen LogP contribution in [0.1, 0.15) is 45.4 Å². The van der Waals surface area contributed by atoms with Crippen LogP contribution >= 0.6 is 11.6 Å². The third kappa shape index (κ3) is 5.17. The van der Waals surface area contributed by atoms with Crippen LogP contribution in [0.2, 0.25) is 5.02 Å². The molecule has 3 aromatic rings. The second-order valence-electron chi connectivity index (χ2n) is 6.37.